The fraction of sp³-hybridized carbons (Fsp3) is 0.487. The van der Waals surface area contributed by atoms with Gasteiger partial charge in [0.25, 0.3) is 5.91 Å². The van der Waals surface area contributed by atoms with Crippen molar-refractivity contribution in [3.05, 3.63) is 77.1 Å². The van der Waals surface area contributed by atoms with Crippen molar-refractivity contribution >= 4 is 17.5 Å². The number of benzene rings is 2. The summed E-state index contributed by atoms with van der Waals surface area (Å²) in [4.78, 5) is 25.1. The summed E-state index contributed by atoms with van der Waals surface area (Å²) in [6, 6.07) is 16.1. The van der Waals surface area contributed by atoms with Gasteiger partial charge in [-0.25, -0.2) is 9.67 Å². The molecule has 0 spiro atoms. The standard InChI is InChI=1S/C39H50ClN5O3/c1-8-38(3,4)29-15-17-33(31(25-29)39(5,6)9-2)48-26-35(46)44(30-12-10-11-13-30)22-23-45-37(28-14-16-34(47-7)32(40)24-28)42-36(43-45)27-18-20-41-21-19-27/h14-21,24-25,30H,8-13,22-23,26H2,1-7H3. The lowest BCUT2D eigenvalue weighted by molar-refractivity contribution is -0.135. The molecule has 8 nitrogen and oxygen atoms in total. The molecule has 0 atom stereocenters. The van der Waals surface area contributed by atoms with E-state index in [9.17, 15) is 4.79 Å². The number of hydrogen-bond donors (Lipinski definition) is 0. The summed E-state index contributed by atoms with van der Waals surface area (Å²) in [7, 11) is 1.59. The van der Waals surface area contributed by atoms with Crippen LogP contribution < -0.4 is 9.47 Å². The highest BCUT2D eigenvalue weighted by Gasteiger charge is 2.30. The predicted molar refractivity (Wildman–Crippen MR) is 193 cm³/mol. The van der Waals surface area contributed by atoms with Crippen molar-refractivity contribution < 1.29 is 14.3 Å². The summed E-state index contributed by atoms with van der Waals surface area (Å²) in [5.41, 5.74) is 4.08. The number of carbonyl (C=O) groups is 1. The zero-order valence-corrected chi connectivity index (χ0v) is 30.3. The van der Waals surface area contributed by atoms with Gasteiger partial charge < -0.3 is 14.4 Å². The minimum Gasteiger partial charge on any atom is -0.495 e. The molecule has 2 heterocycles. The van der Waals surface area contributed by atoms with Crippen LogP contribution in [0.15, 0.2) is 60.9 Å². The fourth-order valence-corrected chi connectivity index (χ4v) is 6.55. The Labute approximate surface area is 290 Å². The van der Waals surface area contributed by atoms with Gasteiger partial charge in [0, 0.05) is 41.7 Å². The summed E-state index contributed by atoms with van der Waals surface area (Å²) in [5.74, 6) is 2.62. The number of carbonyl (C=O) groups excluding carboxylic acids is 1. The van der Waals surface area contributed by atoms with Crippen LogP contribution in [-0.4, -0.2) is 56.9 Å². The molecule has 9 heteroatoms. The molecule has 1 fully saturated rings. The number of nitrogens with zero attached hydrogens (tertiary/aromatic N) is 5. The number of amides is 1. The highest BCUT2D eigenvalue weighted by molar-refractivity contribution is 6.32. The van der Waals surface area contributed by atoms with E-state index in [-0.39, 0.29) is 29.4 Å². The number of methoxy groups -OCH3 is 1. The van der Waals surface area contributed by atoms with Gasteiger partial charge in [0.2, 0.25) is 0 Å². The third-order valence-corrected chi connectivity index (χ3v) is 10.6. The number of ether oxygens (including phenoxy) is 2. The summed E-state index contributed by atoms with van der Waals surface area (Å²) >= 11 is 6.53. The second-order valence-corrected chi connectivity index (χ2v) is 14.5. The maximum atomic E-state index is 14.0. The van der Waals surface area contributed by atoms with E-state index in [2.05, 4.69) is 64.7 Å². The van der Waals surface area contributed by atoms with Crippen LogP contribution >= 0.6 is 11.6 Å². The first-order valence-corrected chi connectivity index (χ1v) is 17.6. The molecule has 0 aliphatic heterocycles. The van der Waals surface area contributed by atoms with Crippen LogP contribution in [0.4, 0.5) is 0 Å². The monoisotopic (exact) mass is 671 g/mol. The van der Waals surface area contributed by atoms with Crippen molar-refractivity contribution in [2.45, 2.75) is 103 Å². The molecule has 1 amide bonds. The van der Waals surface area contributed by atoms with Crippen LogP contribution in [0.5, 0.6) is 11.5 Å². The van der Waals surface area contributed by atoms with E-state index in [1.807, 2.05) is 39.9 Å². The number of aromatic nitrogens is 4. The number of hydrogen-bond acceptors (Lipinski definition) is 6. The minimum atomic E-state index is -0.0935. The molecule has 2 aromatic carbocycles. The minimum absolute atomic E-state index is 0.0105. The molecular formula is C39H50ClN5O3. The van der Waals surface area contributed by atoms with Gasteiger partial charge in [-0.1, -0.05) is 78.1 Å². The molecule has 1 aliphatic rings. The first kappa shape index (κ1) is 35.4. The van der Waals surface area contributed by atoms with Gasteiger partial charge in [0.15, 0.2) is 18.3 Å². The molecule has 0 bridgehead atoms. The van der Waals surface area contributed by atoms with E-state index in [1.165, 1.54) is 5.56 Å². The van der Waals surface area contributed by atoms with Crippen molar-refractivity contribution in [3.63, 3.8) is 0 Å². The smallest absolute Gasteiger partial charge is 0.260 e. The lowest BCUT2D eigenvalue weighted by Gasteiger charge is -2.32. The van der Waals surface area contributed by atoms with Crippen molar-refractivity contribution in [1.29, 1.82) is 0 Å². The molecule has 0 unspecified atom stereocenters. The molecule has 0 N–H and O–H groups in total. The van der Waals surface area contributed by atoms with Crippen LogP contribution in [-0.2, 0) is 22.2 Å². The normalized spacial score (nSPS) is 13.9. The maximum Gasteiger partial charge on any atom is 0.260 e. The van der Waals surface area contributed by atoms with Gasteiger partial charge in [-0.3, -0.25) is 9.78 Å². The van der Waals surface area contributed by atoms with Crippen molar-refractivity contribution in [3.8, 4) is 34.3 Å². The molecule has 1 aliphatic carbocycles. The quantitative estimate of drug-likeness (QED) is 0.133. The second kappa shape index (κ2) is 15.1. The summed E-state index contributed by atoms with van der Waals surface area (Å²) in [6.07, 6.45) is 9.66. The van der Waals surface area contributed by atoms with E-state index >= 15 is 0 Å². The third kappa shape index (κ3) is 7.86. The van der Waals surface area contributed by atoms with Crippen LogP contribution in [0.2, 0.25) is 5.02 Å². The molecule has 0 saturated heterocycles. The predicted octanol–water partition coefficient (Wildman–Crippen LogP) is 8.89. The third-order valence-electron chi connectivity index (χ3n) is 10.3. The van der Waals surface area contributed by atoms with E-state index in [0.29, 0.717) is 35.5 Å². The van der Waals surface area contributed by atoms with Gasteiger partial charge in [0.05, 0.1) is 18.7 Å². The molecule has 48 heavy (non-hydrogen) atoms. The molecule has 4 aromatic rings. The summed E-state index contributed by atoms with van der Waals surface area (Å²) in [6.45, 7) is 14.4. The van der Waals surface area contributed by atoms with Crippen LogP contribution in [0.1, 0.15) is 91.2 Å². The van der Waals surface area contributed by atoms with E-state index in [4.69, 9.17) is 31.2 Å². The zero-order chi connectivity index (χ0) is 34.5. The Kier molecular flexibility index (Phi) is 11.1. The van der Waals surface area contributed by atoms with Crippen molar-refractivity contribution in [1.82, 2.24) is 24.6 Å². The molecular weight excluding hydrogens is 622 g/mol. The average Bonchev–Trinajstić information content (AvgIpc) is 3.79. The van der Waals surface area contributed by atoms with Gasteiger partial charge in [-0.15, -0.1) is 0 Å². The summed E-state index contributed by atoms with van der Waals surface area (Å²) < 4.78 is 13.7. The SMILES string of the molecule is CCC(C)(C)c1ccc(OCC(=O)N(CCn2nc(-c3ccncc3)nc2-c2ccc(OC)c(Cl)c2)C2CCCC2)c(C(C)(C)CC)c1. The topological polar surface area (TPSA) is 82.4 Å². The van der Waals surface area contributed by atoms with E-state index in [0.717, 1.165) is 61.0 Å². The highest BCUT2D eigenvalue weighted by Crippen LogP contribution is 2.39. The van der Waals surface area contributed by atoms with Crippen molar-refractivity contribution in [2.75, 3.05) is 20.3 Å². The zero-order valence-electron chi connectivity index (χ0n) is 29.6. The average molecular weight is 672 g/mol. The second-order valence-electron chi connectivity index (χ2n) is 14.1. The lowest BCUT2D eigenvalue weighted by Crippen LogP contribution is -2.43. The molecule has 0 radical (unpaired) electrons. The largest absolute Gasteiger partial charge is 0.495 e. The number of rotatable bonds is 14. The maximum absolute atomic E-state index is 14.0. The Morgan fingerprint density at radius 1 is 0.938 bits per heavy atom. The number of pyridine rings is 1. The van der Waals surface area contributed by atoms with Crippen LogP contribution in [0, 0.1) is 0 Å². The molecule has 256 valence electrons. The van der Waals surface area contributed by atoms with Crippen LogP contribution in [0.3, 0.4) is 0 Å². The highest BCUT2D eigenvalue weighted by atomic mass is 35.5. The van der Waals surface area contributed by atoms with Gasteiger partial charge in [-0.2, -0.15) is 5.10 Å². The molecule has 5 rings (SSSR count). The molecule has 2 aromatic heterocycles. The Hall–Kier alpha value is -3.91. The number of halogens is 1. The van der Waals surface area contributed by atoms with Crippen molar-refractivity contribution in [2.24, 2.45) is 0 Å². The Balaban J connectivity index is 1.41. The van der Waals surface area contributed by atoms with Gasteiger partial charge in [0.1, 0.15) is 11.5 Å². The van der Waals surface area contributed by atoms with Gasteiger partial charge >= 0.3 is 0 Å². The van der Waals surface area contributed by atoms with Crippen LogP contribution in [0.25, 0.3) is 22.8 Å². The van der Waals surface area contributed by atoms with Gasteiger partial charge in [-0.05, 0) is 78.5 Å². The first-order valence-electron chi connectivity index (χ1n) is 17.2. The lowest BCUT2D eigenvalue weighted by atomic mass is 9.76. The molecule has 1 saturated carbocycles. The van der Waals surface area contributed by atoms with E-state index < -0.39 is 0 Å². The Morgan fingerprint density at radius 2 is 1.62 bits per heavy atom. The van der Waals surface area contributed by atoms with E-state index in [1.54, 1.807) is 19.5 Å². The Bertz CT molecular complexity index is 1700. The Morgan fingerprint density at radius 3 is 2.27 bits per heavy atom. The summed E-state index contributed by atoms with van der Waals surface area (Å²) in [5, 5.41) is 5.39. The first-order chi connectivity index (χ1) is 23.0. The fourth-order valence-electron chi connectivity index (χ4n) is 6.29.